The second kappa shape index (κ2) is 5.43. The molecule has 0 bridgehead atoms. The Morgan fingerprint density at radius 2 is 1.95 bits per heavy atom. The highest BCUT2D eigenvalue weighted by Gasteiger charge is 2.29. The minimum absolute atomic E-state index is 0.0362. The van der Waals surface area contributed by atoms with Gasteiger partial charge < -0.3 is 20.6 Å². The second-order valence-electron chi connectivity index (χ2n) is 5.20. The summed E-state index contributed by atoms with van der Waals surface area (Å²) in [5.74, 6) is 0.0123. The maximum Gasteiger partial charge on any atom is 0.323 e. The highest BCUT2D eigenvalue weighted by atomic mass is 16.2. The van der Waals surface area contributed by atoms with Gasteiger partial charge in [0, 0.05) is 24.6 Å². The third-order valence-corrected chi connectivity index (χ3v) is 3.40. The molecule has 1 fully saturated rings. The molecule has 0 aliphatic heterocycles. The average Bonchev–Trinajstić information content (AvgIpc) is 3.21. The fraction of sp³-hybridized carbons (Fsp3) is 0.357. The van der Waals surface area contributed by atoms with Gasteiger partial charge >= 0.3 is 5.69 Å². The highest BCUT2D eigenvalue weighted by molar-refractivity contribution is 5.93. The Hall–Kier alpha value is -2.57. The van der Waals surface area contributed by atoms with Crippen molar-refractivity contribution in [3.63, 3.8) is 0 Å². The van der Waals surface area contributed by atoms with Crippen molar-refractivity contribution in [3.05, 3.63) is 28.7 Å². The van der Waals surface area contributed by atoms with Gasteiger partial charge in [0.15, 0.2) is 0 Å². The van der Waals surface area contributed by atoms with Gasteiger partial charge in [-0.05, 0) is 31.0 Å². The Bertz CT molecular complexity index is 742. The van der Waals surface area contributed by atoms with E-state index < -0.39 is 0 Å². The van der Waals surface area contributed by atoms with Crippen LogP contribution in [0.2, 0.25) is 0 Å². The number of fused-ring (bicyclic) bond motifs is 1. The van der Waals surface area contributed by atoms with E-state index >= 15 is 0 Å². The summed E-state index contributed by atoms with van der Waals surface area (Å²) in [5.41, 5.74) is 1.65. The van der Waals surface area contributed by atoms with Crippen LogP contribution in [-0.4, -0.2) is 28.3 Å². The van der Waals surface area contributed by atoms with Crippen LogP contribution < -0.4 is 16.3 Å². The highest BCUT2D eigenvalue weighted by Crippen LogP contribution is 2.28. The van der Waals surface area contributed by atoms with Gasteiger partial charge in [-0.2, -0.15) is 0 Å². The first kappa shape index (κ1) is 13.4. The molecule has 2 amide bonds. The van der Waals surface area contributed by atoms with Crippen molar-refractivity contribution in [2.45, 2.75) is 19.3 Å². The number of aromatic nitrogens is 2. The van der Waals surface area contributed by atoms with Crippen molar-refractivity contribution in [1.29, 1.82) is 0 Å². The van der Waals surface area contributed by atoms with Gasteiger partial charge in [0.25, 0.3) is 0 Å². The molecule has 0 unspecified atom stereocenters. The van der Waals surface area contributed by atoms with E-state index in [0.29, 0.717) is 23.3 Å². The molecule has 4 N–H and O–H groups in total. The number of H-pyrrole nitrogens is 2. The predicted octanol–water partition coefficient (Wildman–Crippen LogP) is 0.711. The number of benzene rings is 1. The van der Waals surface area contributed by atoms with Crippen LogP contribution in [0.15, 0.2) is 23.0 Å². The minimum atomic E-state index is -0.281. The van der Waals surface area contributed by atoms with E-state index in [1.54, 1.807) is 18.2 Å². The number of hydrogen-bond acceptors (Lipinski definition) is 3. The van der Waals surface area contributed by atoms with Gasteiger partial charge in [-0.25, -0.2) is 4.79 Å². The summed E-state index contributed by atoms with van der Waals surface area (Å²) in [6.07, 6.45) is 2.12. The zero-order chi connectivity index (χ0) is 14.8. The van der Waals surface area contributed by atoms with Gasteiger partial charge in [0.1, 0.15) is 0 Å². The van der Waals surface area contributed by atoms with Crippen molar-refractivity contribution < 1.29 is 9.59 Å². The summed E-state index contributed by atoms with van der Waals surface area (Å²) in [7, 11) is 0. The van der Waals surface area contributed by atoms with Crippen LogP contribution in [0.1, 0.15) is 19.3 Å². The van der Waals surface area contributed by atoms with Crippen molar-refractivity contribution in [3.8, 4) is 0 Å². The lowest BCUT2D eigenvalue weighted by Gasteiger charge is -2.06. The lowest BCUT2D eigenvalue weighted by atomic mass is 10.2. The lowest BCUT2D eigenvalue weighted by molar-refractivity contribution is -0.122. The molecule has 1 aromatic carbocycles. The lowest BCUT2D eigenvalue weighted by Crippen LogP contribution is -2.28. The Morgan fingerprint density at radius 1 is 1.19 bits per heavy atom. The van der Waals surface area contributed by atoms with E-state index in [9.17, 15) is 14.4 Å². The Balaban J connectivity index is 1.52. The van der Waals surface area contributed by atoms with Gasteiger partial charge in [-0.15, -0.1) is 0 Å². The van der Waals surface area contributed by atoms with Crippen LogP contribution >= 0.6 is 0 Å². The first-order valence-electron chi connectivity index (χ1n) is 6.91. The molecular weight excluding hydrogens is 272 g/mol. The van der Waals surface area contributed by atoms with Crippen molar-refractivity contribution >= 4 is 28.5 Å². The third kappa shape index (κ3) is 3.31. The second-order valence-corrected chi connectivity index (χ2v) is 5.20. The number of aromatic amines is 2. The fourth-order valence-corrected chi connectivity index (χ4v) is 2.12. The number of amides is 2. The number of imidazole rings is 1. The largest absolute Gasteiger partial charge is 0.355 e. The van der Waals surface area contributed by atoms with Crippen LogP contribution in [0.5, 0.6) is 0 Å². The van der Waals surface area contributed by atoms with Crippen molar-refractivity contribution in [2.75, 3.05) is 11.9 Å². The van der Waals surface area contributed by atoms with Crippen molar-refractivity contribution in [2.24, 2.45) is 5.92 Å². The quantitative estimate of drug-likeness (QED) is 0.651. The summed E-state index contributed by atoms with van der Waals surface area (Å²) in [6.45, 7) is 0.338. The zero-order valence-electron chi connectivity index (χ0n) is 11.4. The van der Waals surface area contributed by atoms with Gasteiger partial charge in [-0.3, -0.25) is 9.59 Å². The van der Waals surface area contributed by atoms with Gasteiger partial charge in [0.2, 0.25) is 11.8 Å². The first-order chi connectivity index (χ1) is 10.1. The molecule has 7 heteroatoms. The molecule has 110 valence electrons. The van der Waals surface area contributed by atoms with Crippen LogP contribution in [0.3, 0.4) is 0 Å². The maximum atomic E-state index is 11.8. The molecule has 3 rings (SSSR count). The van der Waals surface area contributed by atoms with Crippen LogP contribution in [0, 0.1) is 5.92 Å². The molecule has 7 nitrogen and oxygen atoms in total. The minimum Gasteiger partial charge on any atom is -0.355 e. The number of rotatable bonds is 5. The van der Waals surface area contributed by atoms with Gasteiger partial charge in [-0.1, -0.05) is 0 Å². The van der Waals surface area contributed by atoms with Crippen LogP contribution in [0.25, 0.3) is 11.0 Å². The topological polar surface area (TPSA) is 107 Å². The molecule has 1 aromatic heterocycles. The number of carbonyl (C=O) groups is 2. The van der Waals surface area contributed by atoms with E-state index in [1.807, 2.05) is 0 Å². The van der Waals surface area contributed by atoms with E-state index in [-0.39, 0.29) is 29.8 Å². The summed E-state index contributed by atoms with van der Waals surface area (Å²) < 4.78 is 0. The molecule has 1 aliphatic rings. The Kier molecular flexibility index (Phi) is 3.47. The normalized spacial score (nSPS) is 14.1. The molecule has 0 saturated heterocycles. The number of carbonyl (C=O) groups excluding carboxylic acids is 2. The number of nitrogens with one attached hydrogen (secondary N) is 4. The molecule has 0 radical (unpaired) electrons. The third-order valence-electron chi connectivity index (χ3n) is 3.40. The summed E-state index contributed by atoms with van der Waals surface area (Å²) in [5, 5.41) is 5.48. The molecule has 2 aromatic rings. The average molecular weight is 288 g/mol. The summed E-state index contributed by atoms with van der Waals surface area (Å²) >= 11 is 0. The molecule has 0 spiro atoms. The Morgan fingerprint density at radius 3 is 2.71 bits per heavy atom. The molecule has 1 saturated carbocycles. The smallest absolute Gasteiger partial charge is 0.323 e. The SMILES string of the molecule is O=C(CCNC(=O)C1CC1)Nc1ccc2[nH]c(=O)[nH]c2c1. The van der Waals surface area contributed by atoms with Gasteiger partial charge in [0.05, 0.1) is 11.0 Å². The monoisotopic (exact) mass is 288 g/mol. The first-order valence-corrected chi connectivity index (χ1v) is 6.91. The number of anilines is 1. The van der Waals surface area contributed by atoms with E-state index in [1.165, 1.54) is 0 Å². The van der Waals surface area contributed by atoms with Crippen LogP contribution in [0.4, 0.5) is 5.69 Å². The van der Waals surface area contributed by atoms with Crippen LogP contribution in [-0.2, 0) is 9.59 Å². The molecule has 0 atom stereocenters. The van der Waals surface area contributed by atoms with E-state index in [4.69, 9.17) is 0 Å². The molecule has 1 aliphatic carbocycles. The fourth-order valence-electron chi connectivity index (χ4n) is 2.12. The maximum absolute atomic E-state index is 11.8. The number of hydrogen-bond donors (Lipinski definition) is 4. The predicted molar refractivity (Wildman–Crippen MR) is 77.9 cm³/mol. The molecular formula is C14H16N4O3. The molecule has 21 heavy (non-hydrogen) atoms. The van der Waals surface area contributed by atoms with Crippen molar-refractivity contribution in [1.82, 2.24) is 15.3 Å². The molecule has 1 heterocycles. The summed E-state index contributed by atoms with van der Waals surface area (Å²) in [4.78, 5) is 39.6. The zero-order valence-corrected chi connectivity index (χ0v) is 11.4. The standard InChI is InChI=1S/C14H16N4O3/c19-12(5-6-15-13(20)8-1-2-8)16-9-3-4-10-11(7-9)18-14(21)17-10/h3-4,7-8H,1-2,5-6H2,(H,15,20)(H,16,19)(H2,17,18,21). The Labute approximate surface area is 120 Å². The summed E-state index contributed by atoms with van der Waals surface area (Å²) in [6, 6.07) is 5.12. The van der Waals surface area contributed by atoms with E-state index in [0.717, 1.165) is 12.8 Å². The van der Waals surface area contributed by atoms with E-state index in [2.05, 4.69) is 20.6 Å².